The van der Waals surface area contributed by atoms with Gasteiger partial charge >= 0.3 is 19.8 Å². The molecule has 0 rings (SSSR count). The third kappa shape index (κ3) is 14.2. The summed E-state index contributed by atoms with van der Waals surface area (Å²) in [6.45, 7) is 3.11. The Morgan fingerprint density at radius 3 is 2.35 bits per heavy atom. The van der Waals surface area contributed by atoms with Gasteiger partial charge in [-0.2, -0.15) is 0 Å². The second-order valence-corrected chi connectivity index (χ2v) is 7.20. The molecule has 1 unspecified atom stereocenters. The Hall–Kier alpha value is -0.990. The first kappa shape index (κ1) is 25.0. The van der Waals surface area contributed by atoms with E-state index in [2.05, 4.69) is 11.4 Å². The summed E-state index contributed by atoms with van der Waals surface area (Å²) in [6.07, 6.45) is 3.77. The summed E-state index contributed by atoms with van der Waals surface area (Å²) in [5.41, 5.74) is 5.20. The number of phosphoric acid groups is 1. The highest BCUT2D eigenvalue weighted by Gasteiger charge is 2.25. The molecular weight excluding hydrogens is 365 g/mol. The van der Waals surface area contributed by atoms with E-state index >= 15 is 0 Å². The number of ether oxygens (including phenoxy) is 2. The molecule has 3 N–H and O–H groups in total. The number of unbranched alkanes of at least 4 members (excludes halogenated alkanes) is 3. The van der Waals surface area contributed by atoms with E-state index in [0.29, 0.717) is 12.8 Å². The number of esters is 2. The topological polar surface area (TPSA) is 134 Å². The zero-order chi connectivity index (χ0) is 19.8. The molecule has 26 heavy (non-hydrogen) atoms. The van der Waals surface area contributed by atoms with Gasteiger partial charge in [-0.1, -0.05) is 33.1 Å². The number of hydrogen-bond acceptors (Lipinski definition) is 8. The molecule has 0 amide bonds. The predicted octanol–water partition coefficient (Wildman–Crippen LogP) is 2.30. The fourth-order valence-corrected chi connectivity index (χ4v) is 2.67. The molecule has 0 saturated heterocycles. The lowest BCUT2D eigenvalue weighted by molar-refractivity contribution is -0.161. The molecule has 0 aliphatic carbocycles. The lowest BCUT2D eigenvalue weighted by atomic mass is 10.1. The molecule has 0 aromatic heterocycles. The van der Waals surface area contributed by atoms with Gasteiger partial charge in [-0.25, -0.2) is 4.57 Å². The van der Waals surface area contributed by atoms with Crippen LogP contribution < -0.4 is 5.73 Å². The van der Waals surface area contributed by atoms with Crippen LogP contribution in [0.15, 0.2) is 0 Å². The molecule has 0 aromatic carbocycles. The van der Waals surface area contributed by atoms with Crippen LogP contribution in [0, 0.1) is 0 Å². The Bertz CT molecular complexity index is 446. The van der Waals surface area contributed by atoms with Crippen LogP contribution in [0.4, 0.5) is 0 Å². The lowest BCUT2D eigenvalue weighted by Gasteiger charge is -2.19. The number of hydrogen-bond donors (Lipinski definition) is 2. The summed E-state index contributed by atoms with van der Waals surface area (Å²) in [5, 5.41) is 0. The maximum Gasteiger partial charge on any atom is 0.472 e. The van der Waals surface area contributed by atoms with Crippen molar-refractivity contribution in [3.05, 3.63) is 0 Å². The lowest BCUT2D eigenvalue weighted by Crippen LogP contribution is -2.29. The van der Waals surface area contributed by atoms with E-state index in [1.165, 1.54) is 0 Å². The molecule has 0 spiro atoms. The van der Waals surface area contributed by atoms with Gasteiger partial charge in [-0.15, -0.1) is 0 Å². The minimum Gasteiger partial charge on any atom is -0.462 e. The van der Waals surface area contributed by atoms with Gasteiger partial charge in [-0.3, -0.25) is 18.6 Å². The molecule has 0 radical (unpaired) electrons. The van der Waals surface area contributed by atoms with Gasteiger partial charge in [0.05, 0.1) is 13.2 Å². The van der Waals surface area contributed by atoms with Crippen molar-refractivity contribution in [3.63, 3.8) is 0 Å². The zero-order valence-corrected chi connectivity index (χ0v) is 16.6. The molecule has 9 nitrogen and oxygen atoms in total. The predicted molar refractivity (Wildman–Crippen MR) is 95.3 cm³/mol. The summed E-state index contributed by atoms with van der Waals surface area (Å²) in [4.78, 5) is 32.9. The van der Waals surface area contributed by atoms with Gasteiger partial charge in [0.15, 0.2) is 6.10 Å². The van der Waals surface area contributed by atoms with Crippen molar-refractivity contribution in [2.75, 3.05) is 26.4 Å². The van der Waals surface area contributed by atoms with Crippen LogP contribution in [0.3, 0.4) is 0 Å². The van der Waals surface area contributed by atoms with Crippen molar-refractivity contribution < 1.29 is 37.6 Å². The average Bonchev–Trinajstić information content (AvgIpc) is 2.59. The molecule has 0 aliphatic heterocycles. The largest absolute Gasteiger partial charge is 0.472 e. The Balaban J connectivity index is 4.50. The average molecular weight is 397 g/mol. The van der Waals surface area contributed by atoms with E-state index in [1.807, 2.05) is 6.92 Å². The second kappa shape index (κ2) is 15.1. The maximum absolute atomic E-state index is 11.9. The normalized spacial score (nSPS) is 14.5. The third-order valence-electron chi connectivity index (χ3n) is 3.21. The third-order valence-corrected chi connectivity index (χ3v) is 4.20. The fourth-order valence-electron chi connectivity index (χ4n) is 1.90. The Morgan fingerprint density at radius 2 is 1.73 bits per heavy atom. The van der Waals surface area contributed by atoms with Crippen molar-refractivity contribution in [1.29, 1.82) is 0 Å². The van der Waals surface area contributed by atoms with E-state index < -0.39 is 32.5 Å². The van der Waals surface area contributed by atoms with Crippen molar-refractivity contribution >= 4 is 19.8 Å². The van der Waals surface area contributed by atoms with Gasteiger partial charge in [0.1, 0.15) is 6.61 Å². The van der Waals surface area contributed by atoms with Gasteiger partial charge in [0.2, 0.25) is 0 Å². The molecule has 154 valence electrons. The molecule has 0 fully saturated rings. The number of carbonyl (C=O) groups is 2. The van der Waals surface area contributed by atoms with Crippen LogP contribution in [-0.4, -0.2) is 49.3 Å². The van der Waals surface area contributed by atoms with Crippen molar-refractivity contribution in [2.24, 2.45) is 5.73 Å². The molecule has 0 bridgehead atoms. The second-order valence-electron chi connectivity index (χ2n) is 5.74. The summed E-state index contributed by atoms with van der Waals surface area (Å²) in [5.74, 6) is -0.917. The summed E-state index contributed by atoms with van der Waals surface area (Å²) >= 11 is 0. The van der Waals surface area contributed by atoms with E-state index in [1.54, 1.807) is 0 Å². The molecule has 2 atom stereocenters. The van der Waals surface area contributed by atoms with Crippen molar-refractivity contribution in [3.8, 4) is 0 Å². The van der Waals surface area contributed by atoms with E-state index in [9.17, 15) is 19.0 Å². The molecule has 0 aromatic rings. The standard InChI is InChI=1S/C16H32NO8P/c1-3-5-6-7-9-16(19)25-14(12-22-15(18)8-4-2)13-24-26(20,21)23-11-10-17/h14H,3-13,17H2,1-2H3,(H,20,21)/t14-/m1/s1. The first-order valence-corrected chi connectivity index (χ1v) is 10.5. The smallest absolute Gasteiger partial charge is 0.462 e. The summed E-state index contributed by atoms with van der Waals surface area (Å²) in [7, 11) is -4.31. The molecular formula is C16H32NO8P. The van der Waals surface area contributed by atoms with Crippen LogP contribution in [0.25, 0.3) is 0 Å². The SMILES string of the molecule is CCCCCCC(=O)O[C@H](COC(=O)CCC)COP(=O)(O)OCCN. The molecule has 10 heteroatoms. The minimum atomic E-state index is -4.31. The highest BCUT2D eigenvalue weighted by atomic mass is 31.2. The van der Waals surface area contributed by atoms with Crippen molar-refractivity contribution in [2.45, 2.75) is 64.9 Å². The van der Waals surface area contributed by atoms with E-state index in [0.717, 1.165) is 19.3 Å². The Kier molecular flexibility index (Phi) is 14.5. The number of nitrogens with two attached hydrogens (primary N) is 1. The highest BCUT2D eigenvalue weighted by Crippen LogP contribution is 2.43. The molecule has 0 heterocycles. The zero-order valence-electron chi connectivity index (χ0n) is 15.7. The fraction of sp³-hybridized carbons (Fsp3) is 0.875. The Labute approximate surface area is 155 Å². The van der Waals surface area contributed by atoms with Gasteiger partial charge in [0.25, 0.3) is 0 Å². The molecule has 0 aliphatic rings. The van der Waals surface area contributed by atoms with Crippen molar-refractivity contribution in [1.82, 2.24) is 0 Å². The number of rotatable bonds is 16. The van der Waals surface area contributed by atoms with Gasteiger partial charge in [-0.05, 0) is 12.8 Å². The van der Waals surface area contributed by atoms with Crippen LogP contribution in [0.5, 0.6) is 0 Å². The first-order chi connectivity index (χ1) is 12.3. The quantitative estimate of drug-likeness (QED) is 0.228. The maximum atomic E-state index is 11.9. The number of phosphoric ester groups is 1. The highest BCUT2D eigenvalue weighted by molar-refractivity contribution is 7.47. The van der Waals surface area contributed by atoms with Gasteiger partial charge in [0, 0.05) is 19.4 Å². The minimum absolute atomic E-state index is 0.0543. The van der Waals surface area contributed by atoms with Crippen LogP contribution in [0.2, 0.25) is 0 Å². The van der Waals surface area contributed by atoms with Crippen LogP contribution in [-0.2, 0) is 32.7 Å². The van der Waals surface area contributed by atoms with Crippen LogP contribution in [0.1, 0.15) is 58.8 Å². The summed E-state index contributed by atoms with van der Waals surface area (Å²) in [6, 6.07) is 0. The van der Waals surface area contributed by atoms with Gasteiger partial charge < -0.3 is 20.1 Å². The first-order valence-electron chi connectivity index (χ1n) is 9.01. The van der Waals surface area contributed by atoms with Crippen LogP contribution >= 0.6 is 7.82 Å². The van der Waals surface area contributed by atoms with E-state index in [4.69, 9.17) is 19.7 Å². The monoisotopic (exact) mass is 397 g/mol. The molecule has 0 saturated carbocycles. The Morgan fingerprint density at radius 1 is 1.00 bits per heavy atom. The number of carbonyl (C=O) groups excluding carboxylic acids is 2. The van der Waals surface area contributed by atoms with E-state index in [-0.39, 0.29) is 32.6 Å². The summed E-state index contributed by atoms with van der Waals surface area (Å²) < 4.78 is 31.3.